The molecule has 4 rings (SSSR count). The Kier molecular flexibility index (Phi) is 5.27. The zero-order chi connectivity index (χ0) is 18.5. The van der Waals surface area contributed by atoms with E-state index in [2.05, 4.69) is 47.8 Å². The van der Waals surface area contributed by atoms with Crippen LogP contribution in [0.15, 0.2) is 91.0 Å². The zero-order valence-corrected chi connectivity index (χ0v) is 15.6. The largest absolute Gasteiger partial charge is 0.489 e. The highest BCUT2D eigenvalue weighted by Crippen LogP contribution is 2.26. The molecule has 0 bridgehead atoms. The minimum atomic E-state index is 0.515. The fourth-order valence-corrected chi connectivity index (χ4v) is 3.35. The number of para-hydroxylation sites is 1. The Bertz CT molecular complexity index is 1040. The van der Waals surface area contributed by atoms with Gasteiger partial charge in [-0.3, -0.25) is 0 Å². The summed E-state index contributed by atoms with van der Waals surface area (Å²) in [6.07, 6.45) is 0. The van der Waals surface area contributed by atoms with Crippen molar-refractivity contribution < 1.29 is 4.74 Å². The molecule has 4 aromatic rings. The Morgan fingerprint density at radius 1 is 0.741 bits per heavy atom. The fraction of sp³-hybridized carbons (Fsp3) is 0.0833. The van der Waals surface area contributed by atoms with Gasteiger partial charge < -0.3 is 10.1 Å². The van der Waals surface area contributed by atoms with Crippen molar-refractivity contribution in [3.8, 4) is 5.75 Å². The van der Waals surface area contributed by atoms with E-state index in [0.29, 0.717) is 18.2 Å². The van der Waals surface area contributed by atoms with Gasteiger partial charge in [0.05, 0.1) is 0 Å². The molecule has 0 heterocycles. The second-order valence-corrected chi connectivity index (χ2v) is 6.84. The normalized spacial score (nSPS) is 10.7. The van der Waals surface area contributed by atoms with Crippen LogP contribution in [-0.4, -0.2) is 0 Å². The monoisotopic (exact) mass is 373 g/mol. The van der Waals surface area contributed by atoms with Gasteiger partial charge in [0.2, 0.25) is 0 Å². The molecule has 0 atom stereocenters. The Morgan fingerprint density at radius 2 is 1.52 bits per heavy atom. The molecule has 0 spiro atoms. The lowest BCUT2D eigenvalue weighted by Gasteiger charge is -2.14. The van der Waals surface area contributed by atoms with Gasteiger partial charge >= 0.3 is 0 Å². The maximum absolute atomic E-state index is 6.21. The first-order valence-electron chi connectivity index (χ1n) is 8.96. The van der Waals surface area contributed by atoms with Crippen LogP contribution in [0, 0.1) is 0 Å². The minimum absolute atomic E-state index is 0.515. The van der Waals surface area contributed by atoms with E-state index < -0.39 is 0 Å². The Hall–Kier alpha value is -2.97. The highest BCUT2D eigenvalue weighted by molar-refractivity contribution is 6.30. The van der Waals surface area contributed by atoms with E-state index in [1.807, 2.05) is 48.5 Å². The molecule has 3 heteroatoms. The number of hydrogen-bond acceptors (Lipinski definition) is 2. The van der Waals surface area contributed by atoms with Crippen LogP contribution in [0.4, 0.5) is 5.69 Å². The van der Waals surface area contributed by atoms with E-state index in [9.17, 15) is 0 Å². The van der Waals surface area contributed by atoms with Crippen LogP contribution in [0.25, 0.3) is 10.8 Å². The smallest absolute Gasteiger partial charge is 0.124 e. The van der Waals surface area contributed by atoms with E-state index in [0.717, 1.165) is 17.0 Å². The van der Waals surface area contributed by atoms with Crippen LogP contribution < -0.4 is 10.1 Å². The number of benzene rings is 4. The van der Waals surface area contributed by atoms with Crippen molar-refractivity contribution in [2.45, 2.75) is 13.2 Å². The molecular formula is C24H20ClNO. The van der Waals surface area contributed by atoms with Crippen molar-refractivity contribution >= 4 is 28.1 Å². The number of halogens is 1. The average Bonchev–Trinajstić information content (AvgIpc) is 2.72. The Balaban J connectivity index is 1.53. The minimum Gasteiger partial charge on any atom is -0.489 e. The van der Waals surface area contributed by atoms with Gasteiger partial charge in [-0.05, 0) is 46.7 Å². The number of anilines is 1. The van der Waals surface area contributed by atoms with E-state index in [-0.39, 0.29) is 0 Å². The lowest BCUT2D eigenvalue weighted by Crippen LogP contribution is -2.04. The summed E-state index contributed by atoms with van der Waals surface area (Å²) in [6.45, 7) is 1.16. The quantitative estimate of drug-likeness (QED) is 0.406. The lowest BCUT2D eigenvalue weighted by atomic mass is 10.1. The summed E-state index contributed by atoms with van der Waals surface area (Å²) in [5, 5.41) is 6.57. The van der Waals surface area contributed by atoms with Gasteiger partial charge in [-0.15, -0.1) is 0 Å². The van der Waals surface area contributed by atoms with Gasteiger partial charge in [-0.25, -0.2) is 0 Å². The van der Waals surface area contributed by atoms with Crippen LogP contribution >= 0.6 is 11.6 Å². The van der Waals surface area contributed by atoms with E-state index in [1.165, 1.54) is 16.3 Å². The summed E-state index contributed by atoms with van der Waals surface area (Å²) in [5.74, 6) is 0.843. The van der Waals surface area contributed by atoms with Gasteiger partial charge in [0.25, 0.3) is 0 Å². The molecule has 1 N–H and O–H groups in total. The first-order chi connectivity index (χ1) is 13.3. The molecule has 2 nitrogen and oxygen atoms in total. The summed E-state index contributed by atoms with van der Waals surface area (Å²) in [4.78, 5) is 0. The Labute approximate surface area is 164 Å². The molecule has 0 fully saturated rings. The maximum Gasteiger partial charge on any atom is 0.124 e. The molecule has 0 amide bonds. The van der Waals surface area contributed by atoms with Gasteiger partial charge in [0.15, 0.2) is 0 Å². The predicted molar refractivity (Wildman–Crippen MR) is 114 cm³/mol. The molecule has 0 aliphatic rings. The van der Waals surface area contributed by atoms with Crippen LogP contribution in [0.2, 0.25) is 5.02 Å². The first kappa shape index (κ1) is 17.4. The number of nitrogens with one attached hydrogen (secondary N) is 1. The fourth-order valence-electron chi connectivity index (χ4n) is 3.15. The van der Waals surface area contributed by atoms with Crippen molar-refractivity contribution in [1.29, 1.82) is 0 Å². The molecule has 27 heavy (non-hydrogen) atoms. The summed E-state index contributed by atoms with van der Waals surface area (Å²) >= 11 is 6.21. The van der Waals surface area contributed by atoms with Crippen molar-refractivity contribution in [1.82, 2.24) is 0 Å². The number of ether oxygens (including phenoxy) is 1. The maximum atomic E-state index is 6.21. The Morgan fingerprint density at radius 3 is 2.41 bits per heavy atom. The lowest BCUT2D eigenvalue weighted by molar-refractivity contribution is 0.305. The molecule has 0 unspecified atom stereocenters. The van der Waals surface area contributed by atoms with E-state index in [4.69, 9.17) is 16.3 Å². The number of rotatable bonds is 6. The van der Waals surface area contributed by atoms with Gasteiger partial charge in [0, 0.05) is 22.8 Å². The third-order valence-corrected chi connectivity index (χ3v) is 4.78. The second kappa shape index (κ2) is 8.15. The van der Waals surface area contributed by atoms with E-state index in [1.54, 1.807) is 0 Å². The average molecular weight is 374 g/mol. The van der Waals surface area contributed by atoms with Crippen molar-refractivity contribution in [3.05, 3.63) is 107 Å². The summed E-state index contributed by atoms with van der Waals surface area (Å²) in [5.41, 5.74) is 3.27. The molecular weight excluding hydrogens is 354 g/mol. The first-order valence-corrected chi connectivity index (χ1v) is 9.34. The van der Waals surface area contributed by atoms with Crippen LogP contribution in [0.3, 0.4) is 0 Å². The molecule has 0 radical (unpaired) electrons. The summed E-state index contributed by atoms with van der Waals surface area (Å²) in [7, 11) is 0. The SMILES string of the molecule is Clc1ccc(OCc2cccc3ccccc23)c(CNc2ccccc2)c1. The number of hydrogen-bond donors (Lipinski definition) is 1. The molecule has 0 saturated heterocycles. The zero-order valence-electron chi connectivity index (χ0n) is 14.9. The molecule has 134 valence electrons. The number of fused-ring (bicyclic) bond motifs is 1. The van der Waals surface area contributed by atoms with Gasteiger partial charge in [0.1, 0.15) is 12.4 Å². The highest BCUT2D eigenvalue weighted by atomic mass is 35.5. The summed E-state index contributed by atoms with van der Waals surface area (Å²) in [6, 6.07) is 30.5. The molecule has 0 aliphatic heterocycles. The molecule has 0 aromatic heterocycles. The predicted octanol–water partition coefficient (Wildman–Crippen LogP) is 6.68. The third-order valence-electron chi connectivity index (χ3n) is 4.54. The molecule has 4 aromatic carbocycles. The standard InChI is InChI=1S/C24H20ClNO/c25-21-13-14-24(20(15-21)16-26-22-10-2-1-3-11-22)27-17-19-9-6-8-18-7-4-5-12-23(18)19/h1-15,26H,16-17H2. The van der Waals surface area contributed by atoms with Crippen LogP contribution in [0.1, 0.15) is 11.1 Å². The van der Waals surface area contributed by atoms with Crippen LogP contribution in [-0.2, 0) is 13.2 Å². The van der Waals surface area contributed by atoms with Crippen molar-refractivity contribution in [2.75, 3.05) is 5.32 Å². The van der Waals surface area contributed by atoms with Crippen molar-refractivity contribution in [2.24, 2.45) is 0 Å². The highest BCUT2D eigenvalue weighted by Gasteiger charge is 2.07. The topological polar surface area (TPSA) is 21.3 Å². The third kappa shape index (κ3) is 4.24. The van der Waals surface area contributed by atoms with Crippen molar-refractivity contribution in [3.63, 3.8) is 0 Å². The molecule has 0 aliphatic carbocycles. The summed E-state index contributed by atoms with van der Waals surface area (Å²) < 4.78 is 6.18. The van der Waals surface area contributed by atoms with Crippen LogP contribution in [0.5, 0.6) is 5.75 Å². The molecule has 0 saturated carbocycles. The van der Waals surface area contributed by atoms with E-state index >= 15 is 0 Å². The second-order valence-electron chi connectivity index (χ2n) is 6.40. The van der Waals surface area contributed by atoms with Gasteiger partial charge in [-0.1, -0.05) is 72.3 Å². The van der Waals surface area contributed by atoms with Gasteiger partial charge in [-0.2, -0.15) is 0 Å².